The van der Waals surface area contributed by atoms with E-state index >= 15 is 0 Å². The van der Waals surface area contributed by atoms with Crippen molar-refractivity contribution in [2.75, 3.05) is 10.6 Å². The van der Waals surface area contributed by atoms with Gasteiger partial charge in [-0.25, -0.2) is 9.97 Å². The molecule has 3 rings (SSSR count). The predicted molar refractivity (Wildman–Crippen MR) is 116 cm³/mol. The van der Waals surface area contributed by atoms with Crippen LogP contribution in [0.1, 0.15) is 66.8 Å². The summed E-state index contributed by atoms with van der Waals surface area (Å²) in [5.41, 5.74) is 9.74. The van der Waals surface area contributed by atoms with Gasteiger partial charge in [-0.1, -0.05) is 19.9 Å². The molecule has 0 bridgehead atoms. The number of hydrogen-bond donors (Lipinski definition) is 4. The summed E-state index contributed by atoms with van der Waals surface area (Å²) in [5, 5.41) is 16.4. The number of carbonyl (C=O) groups excluding carboxylic acids is 1. The Balaban J connectivity index is 1.91. The number of primary amides is 1. The zero-order valence-electron chi connectivity index (χ0n) is 17.5. The summed E-state index contributed by atoms with van der Waals surface area (Å²) in [7, 11) is 0. The predicted octanol–water partition coefficient (Wildman–Crippen LogP) is 3.47. The van der Waals surface area contributed by atoms with Crippen LogP contribution in [0.15, 0.2) is 18.2 Å². The maximum atomic E-state index is 12.0. The van der Waals surface area contributed by atoms with Gasteiger partial charge in [0.05, 0.1) is 11.8 Å². The SMILES string of the molecule is CCc1ccc(Nc2nc(NC3CCC(O)CC3)c(CC)nc2C(N)=O)cc1C. The molecule has 0 atom stereocenters. The van der Waals surface area contributed by atoms with Crippen LogP contribution in [-0.4, -0.2) is 33.1 Å². The van der Waals surface area contributed by atoms with Gasteiger partial charge in [0, 0.05) is 11.7 Å². The number of nitrogens with two attached hydrogens (primary N) is 1. The Hall–Kier alpha value is -2.67. The number of hydrogen-bond acceptors (Lipinski definition) is 6. The number of rotatable bonds is 7. The summed E-state index contributed by atoms with van der Waals surface area (Å²) in [5.74, 6) is 0.420. The molecule has 2 aromatic rings. The lowest BCUT2D eigenvalue weighted by atomic mass is 9.93. The van der Waals surface area contributed by atoms with Crippen LogP contribution < -0.4 is 16.4 Å². The molecule has 1 fully saturated rings. The standard InChI is InChI=1S/C22H31N5O2/c1-4-14-6-7-16(12-13(14)3)25-22-19(20(23)29)26-18(5-2)21(27-22)24-15-8-10-17(28)11-9-15/h6-7,12,15,17,28H,4-5,8-11H2,1-3H3,(H2,23,29)(H2,24,25,27). The van der Waals surface area contributed by atoms with Crippen molar-refractivity contribution in [2.45, 2.75) is 71.4 Å². The number of nitrogens with zero attached hydrogens (tertiary/aromatic N) is 2. The minimum Gasteiger partial charge on any atom is -0.393 e. The second-order valence-corrected chi connectivity index (χ2v) is 7.70. The molecule has 0 radical (unpaired) electrons. The van der Waals surface area contributed by atoms with Crippen molar-refractivity contribution in [1.82, 2.24) is 9.97 Å². The van der Waals surface area contributed by atoms with E-state index in [2.05, 4.69) is 35.5 Å². The third kappa shape index (κ3) is 5.03. The molecule has 1 aromatic heterocycles. The highest BCUT2D eigenvalue weighted by Gasteiger charge is 2.23. The van der Waals surface area contributed by atoms with Gasteiger partial charge < -0.3 is 21.5 Å². The Morgan fingerprint density at radius 3 is 2.45 bits per heavy atom. The second kappa shape index (κ2) is 9.22. The molecule has 1 aliphatic carbocycles. The van der Waals surface area contributed by atoms with E-state index in [9.17, 15) is 9.90 Å². The number of carbonyl (C=O) groups is 1. The number of aromatic nitrogens is 2. The molecule has 5 N–H and O–H groups in total. The van der Waals surface area contributed by atoms with Gasteiger partial charge in [-0.3, -0.25) is 4.79 Å². The largest absolute Gasteiger partial charge is 0.393 e. The Bertz CT molecular complexity index is 876. The first-order chi connectivity index (χ1) is 13.9. The van der Waals surface area contributed by atoms with Crippen LogP contribution >= 0.6 is 0 Å². The van der Waals surface area contributed by atoms with Crippen LogP contribution in [0.4, 0.5) is 17.3 Å². The molecule has 7 heteroatoms. The fourth-order valence-electron chi connectivity index (χ4n) is 3.81. The number of aliphatic hydroxyl groups is 1. The number of benzene rings is 1. The van der Waals surface area contributed by atoms with Crippen LogP contribution in [0.25, 0.3) is 0 Å². The number of nitrogens with one attached hydrogen (secondary N) is 2. The molecule has 1 amide bonds. The molecule has 0 spiro atoms. The molecular weight excluding hydrogens is 366 g/mol. The summed E-state index contributed by atoms with van der Waals surface area (Å²) in [4.78, 5) is 21.2. The molecule has 156 valence electrons. The Labute approximate surface area is 172 Å². The number of aliphatic hydroxyl groups excluding tert-OH is 1. The number of amides is 1. The molecule has 1 saturated carbocycles. The first kappa shape index (κ1) is 21.0. The van der Waals surface area contributed by atoms with Crippen LogP contribution in [0.5, 0.6) is 0 Å². The lowest BCUT2D eigenvalue weighted by molar-refractivity contribution is 0.0996. The summed E-state index contributed by atoms with van der Waals surface area (Å²) in [6.45, 7) is 6.16. The molecule has 1 aliphatic rings. The zero-order valence-corrected chi connectivity index (χ0v) is 17.5. The van der Waals surface area contributed by atoms with E-state index in [1.54, 1.807) is 0 Å². The molecule has 1 heterocycles. The first-order valence-corrected chi connectivity index (χ1v) is 10.4. The fourth-order valence-corrected chi connectivity index (χ4v) is 3.81. The van der Waals surface area contributed by atoms with E-state index in [0.717, 1.165) is 37.8 Å². The molecule has 7 nitrogen and oxygen atoms in total. The highest BCUT2D eigenvalue weighted by molar-refractivity contribution is 5.96. The van der Waals surface area contributed by atoms with E-state index in [1.165, 1.54) is 11.1 Å². The summed E-state index contributed by atoms with van der Waals surface area (Å²) >= 11 is 0. The first-order valence-electron chi connectivity index (χ1n) is 10.4. The average molecular weight is 398 g/mol. The topological polar surface area (TPSA) is 113 Å². The van der Waals surface area contributed by atoms with Crippen LogP contribution in [-0.2, 0) is 12.8 Å². The van der Waals surface area contributed by atoms with Gasteiger partial charge in [0.15, 0.2) is 11.5 Å². The third-order valence-electron chi connectivity index (χ3n) is 5.56. The van der Waals surface area contributed by atoms with E-state index in [1.807, 2.05) is 19.1 Å². The van der Waals surface area contributed by atoms with E-state index in [0.29, 0.717) is 23.8 Å². The molecule has 0 aliphatic heterocycles. The van der Waals surface area contributed by atoms with Gasteiger partial charge in [-0.05, 0) is 68.7 Å². The van der Waals surface area contributed by atoms with Crippen molar-refractivity contribution in [3.05, 3.63) is 40.7 Å². The van der Waals surface area contributed by atoms with Gasteiger partial charge in [0.2, 0.25) is 0 Å². The van der Waals surface area contributed by atoms with Crippen molar-refractivity contribution < 1.29 is 9.90 Å². The monoisotopic (exact) mass is 397 g/mol. The highest BCUT2D eigenvalue weighted by Crippen LogP contribution is 2.27. The van der Waals surface area contributed by atoms with Gasteiger partial charge in [-0.2, -0.15) is 0 Å². The molecule has 0 saturated heterocycles. The normalized spacial score (nSPS) is 19.0. The molecular formula is C22H31N5O2. The van der Waals surface area contributed by atoms with E-state index < -0.39 is 5.91 Å². The average Bonchev–Trinajstić information content (AvgIpc) is 2.70. The fraction of sp³-hybridized carbons (Fsp3) is 0.500. The minimum atomic E-state index is -0.607. The van der Waals surface area contributed by atoms with Gasteiger partial charge in [0.25, 0.3) is 5.91 Å². The van der Waals surface area contributed by atoms with Crippen molar-refractivity contribution in [2.24, 2.45) is 5.73 Å². The third-order valence-corrected chi connectivity index (χ3v) is 5.56. The summed E-state index contributed by atoms with van der Waals surface area (Å²) in [6.07, 6.45) is 4.70. The number of aryl methyl sites for hydroxylation is 3. The Morgan fingerprint density at radius 2 is 1.86 bits per heavy atom. The number of anilines is 3. The van der Waals surface area contributed by atoms with E-state index in [4.69, 9.17) is 10.7 Å². The molecule has 29 heavy (non-hydrogen) atoms. The van der Waals surface area contributed by atoms with Crippen molar-refractivity contribution in [3.8, 4) is 0 Å². The quantitative estimate of drug-likeness (QED) is 0.569. The molecule has 1 aromatic carbocycles. The Kier molecular flexibility index (Phi) is 6.69. The van der Waals surface area contributed by atoms with Crippen LogP contribution in [0.3, 0.4) is 0 Å². The van der Waals surface area contributed by atoms with Crippen molar-refractivity contribution >= 4 is 23.2 Å². The van der Waals surface area contributed by atoms with Gasteiger partial charge in [-0.15, -0.1) is 0 Å². The summed E-state index contributed by atoms with van der Waals surface area (Å²) < 4.78 is 0. The van der Waals surface area contributed by atoms with Crippen molar-refractivity contribution in [3.63, 3.8) is 0 Å². The maximum Gasteiger partial charge on any atom is 0.271 e. The second-order valence-electron chi connectivity index (χ2n) is 7.70. The van der Waals surface area contributed by atoms with Crippen molar-refractivity contribution in [1.29, 1.82) is 0 Å². The highest BCUT2D eigenvalue weighted by atomic mass is 16.3. The molecule has 0 unspecified atom stereocenters. The minimum absolute atomic E-state index is 0.142. The van der Waals surface area contributed by atoms with Gasteiger partial charge in [0.1, 0.15) is 5.82 Å². The zero-order chi connectivity index (χ0) is 21.0. The van der Waals surface area contributed by atoms with E-state index in [-0.39, 0.29) is 17.8 Å². The smallest absolute Gasteiger partial charge is 0.271 e. The maximum absolute atomic E-state index is 12.0. The van der Waals surface area contributed by atoms with Crippen LogP contribution in [0, 0.1) is 6.92 Å². The Morgan fingerprint density at radius 1 is 1.14 bits per heavy atom. The summed E-state index contributed by atoms with van der Waals surface area (Å²) in [6, 6.07) is 6.31. The van der Waals surface area contributed by atoms with Gasteiger partial charge >= 0.3 is 0 Å². The lowest BCUT2D eigenvalue weighted by Gasteiger charge is -2.27. The lowest BCUT2D eigenvalue weighted by Crippen LogP contribution is -2.29. The van der Waals surface area contributed by atoms with Crippen LogP contribution in [0.2, 0.25) is 0 Å².